The fraction of sp³-hybridized carbons (Fsp3) is 0.583. The van der Waals surface area contributed by atoms with Gasteiger partial charge in [0, 0.05) is 11.5 Å². The number of hydrogen-bond donors (Lipinski definition) is 3. The number of esters is 1. The zero-order chi connectivity index (χ0) is 13.1. The molecular formula is C12H20O5. The van der Waals surface area contributed by atoms with Gasteiger partial charge in [-0.25, -0.2) is 4.79 Å². The highest BCUT2D eigenvalue weighted by Gasteiger charge is 2.28. The maximum absolute atomic E-state index is 11.1. The molecule has 98 valence electrons. The smallest absolute Gasteiger partial charge is 0.330 e. The lowest BCUT2D eigenvalue weighted by molar-refractivity contribution is -0.139. The average molecular weight is 244 g/mol. The van der Waals surface area contributed by atoms with Crippen LogP contribution in [0, 0.1) is 5.41 Å². The van der Waals surface area contributed by atoms with Gasteiger partial charge in [-0.05, 0) is 13.3 Å². The number of carbonyl (C=O) groups is 1. The largest absolute Gasteiger partial charge is 0.463 e. The molecule has 0 aliphatic carbocycles. The highest BCUT2D eigenvalue weighted by atomic mass is 16.5. The van der Waals surface area contributed by atoms with Crippen molar-refractivity contribution in [1.29, 1.82) is 0 Å². The van der Waals surface area contributed by atoms with Gasteiger partial charge in [-0.1, -0.05) is 18.2 Å². The zero-order valence-corrected chi connectivity index (χ0v) is 10.0. The molecule has 0 saturated carbocycles. The van der Waals surface area contributed by atoms with Crippen molar-refractivity contribution in [2.75, 3.05) is 26.4 Å². The van der Waals surface area contributed by atoms with Gasteiger partial charge < -0.3 is 20.1 Å². The Bertz CT molecular complexity index is 258. The van der Waals surface area contributed by atoms with Crippen molar-refractivity contribution in [1.82, 2.24) is 0 Å². The molecule has 0 atom stereocenters. The number of aliphatic hydroxyl groups is 3. The Balaban J connectivity index is 4.00. The van der Waals surface area contributed by atoms with Crippen LogP contribution in [0.5, 0.6) is 0 Å². The van der Waals surface area contributed by atoms with Crippen LogP contribution in [0.1, 0.15) is 13.3 Å². The van der Waals surface area contributed by atoms with Crippen molar-refractivity contribution in [2.24, 2.45) is 5.41 Å². The van der Waals surface area contributed by atoms with Crippen LogP contribution in [0.4, 0.5) is 0 Å². The van der Waals surface area contributed by atoms with Gasteiger partial charge in [-0.15, -0.1) is 0 Å². The summed E-state index contributed by atoms with van der Waals surface area (Å²) in [6.07, 6.45) is 6.51. The third-order valence-corrected chi connectivity index (χ3v) is 2.42. The molecule has 0 heterocycles. The van der Waals surface area contributed by atoms with E-state index in [1.165, 1.54) is 6.08 Å². The number of ether oxygens (including phenoxy) is 1. The molecule has 0 saturated heterocycles. The van der Waals surface area contributed by atoms with E-state index in [1.807, 2.05) is 6.92 Å². The average Bonchev–Trinajstić information content (AvgIpc) is 2.36. The van der Waals surface area contributed by atoms with Gasteiger partial charge in [0.2, 0.25) is 0 Å². The first kappa shape index (κ1) is 15.8. The predicted molar refractivity (Wildman–Crippen MR) is 63.2 cm³/mol. The fourth-order valence-electron chi connectivity index (χ4n) is 1.05. The third-order valence-electron chi connectivity index (χ3n) is 2.42. The topological polar surface area (TPSA) is 87.0 Å². The monoisotopic (exact) mass is 244 g/mol. The van der Waals surface area contributed by atoms with Crippen molar-refractivity contribution in [2.45, 2.75) is 13.3 Å². The van der Waals surface area contributed by atoms with E-state index in [2.05, 4.69) is 0 Å². The van der Waals surface area contributed by atoms with Crippen LogP contribution in [0.3, 0.4) is 0 Å². The highest BCUT2D eigenvalue weighted by molar-refractivity contribution is 5.82. The van der Waals surface area contributed by atoms with Gasteiger partial charge in [0.1, 0.15) is 0 Å². The molecule has 0 amide bonds. The Kier molecular flexibility index (Phi) is 8.31. The van der Waals surface area contributed by atoms with E-state index < -0.39 is 11.4 Å². The molecule has 0 radical (unpaired) electrons. The Labute approximate surface area is 101 Å². The number of carbonyl (C=O) groups excluding carboxylic acids is 1. The number of allylic oxidation sites excluding steroid dienone is 3. The molecule has 3 N–H and O–H groups in total. The second-order valence-electron chi connectivity index (χ2n) is 3.78. The molecule has 0 bridgehead atoms. The van der Waals surface area contributed by atoms with Crippen LogP contribution in [-0.2, 0) is 9.53 Å². The summed E-state index contributed by atoms with van der Waals surface area (Å²) in [6.45, 7) is 0.804. The molecular weight excluding hydrogens is 224 g/mol. The van der Waals surface area contributed by atoms with Crippen molar-refractivity contribution in [3.05, 3.63) is 24.3 Å². The van der Waals surface area contributed by atoms with E-state index in [1.54, 1.807) is 18.2 Å². The number of aliphatic hydroxyl groups excluding tert-OH is 3. The molecule has 0 fully saturated rings. The fourth-order valence-corrected chi connectivity index (χ4v) is 1.05. The van der Waals surface area contributed by atoms with E-state index in [9.17, 15) is 4.79 Å². The molecule has 0 aromatic carbocycles. The molecule has 0 aromatic heterocycles. The first-order valence-corrected chi connectivity index (χ1v) is 5.43. The van der Waals surface area contributed by atoms with Crippen molar-refractivity contribution >= 4 is 5.97 Å². The van der Waals surface area contributed by atoms with Gasteiger partial charge in [-0.2, -0.15) is 0 Å². The van der Waals surface area contributed by atoms with Crippen LogP contribution in [0.25, 0.3) is 0 Å². The van der Waals surface area contributed by atoms with E-state index in [4.69, 9.17) is 20.1 Å². The van der Waals surface area contributed by atoms with E-state index in [0.29, 0.717) is 0 Å². The lowest BCUT2D eigenvalue weighted by Crippen LogP contribution is -2.35. The van der Waals surface area contributed by atoms with Crippen LogP contribution < -0.4 is 0 Å². The normalized spacial score (nSPS) is 12.5. The van der Waals surface area contributed by atoms with Crippen LogP contribution in [0.15, 0.2) is 24.3 Å². The van der Waals surface area contributed by atoms with Crippen LogP contribution in [-0.4, -0.2) is 47.7 Å². The Morgan fingerprint density at radius 3 is 2.24 bits per heavy atom. The highest BCUT2D eigenvalue weighted by Crippen LogP contribution is 2.19. The first-order chi connectivity index (χ1) is 8.14. The second-order valence-corrected chi connectivity index (χ2v) is 3.78. The summed E-state index contributed by atoms with van der Waals surface area (Å²) in [7, 11) is 0. The summed E-state index contributed by atoms with van der Waals surface area (Å²) in [6, 6.07) is 0. The molecule has 0 unspecified atom stereocenters. The standard InChI is InChI=1S/C12H20O5/c1-2-3-4-5-11(16)17-7-6-12(8-13,9-14)10-15/h2-5,13-15H,6-10H2,1H3/b3-2+,5-4+. The molecule has 5 nitrogen and oxygen atoms in total. The van der Waals surface area contributed by atoms with E-state index in [0.717, 1.165) is 0 Å². The predicted octanol–water partition coefficient (Wildman–Crippen LogP) is 0.0153. The van der Waals surface area contributed by atoms with Gasteiger partial charge in [-0.3, -0.25) is 0 Å². The Hall–Kier alpha value is -1.17. The van der Waals surface area contributed by atoms with Crippen molar-refractivity contribution in [3.8, 4) is 0 Å². The maximum atomic E-state index is 11.1. The lowest BCUT2D eigenvalue weighted by atomic mass is 9.88. The minimum absolute atomic E-state index is 0.0424. The zero-order valence-electron chi connectivity index (χ0n) is 10.0. The number of hydrogen-bond acceptors (Lipinski definition) is 5. The van der Waals surface area contributed by atoms with Gasteiger partial charge in [0.25, 0.3) is 0 Å². The number of rotatable bonds is 8. The minimum atomic E-state index is -0.993. The van der Waals surface area contributed by atoms with E-state index >= 15 is 0 Å². The maximum Gasteiger partial charge on any atom is 0.330 e. The van der Waals surface area contributed by atoms with Gasteiger partial charge in [0.05, 0.1) is 26.4 Å². The molecule has 0 aliphatic heterocycles. The summed E-state index contributed by atoms with van der Waals surface area (Å²) in [5.74, 6) is -0.495. The van der Waals surface area contributed by atoms with Crippen LogP contribution >= 0.6 is 0 Å². The van der Waals surface area contributed by atoms with Crippen LogP contribution in [0.2, 0.25) is 0 Å². The SMILES string of the molecule is C/C=C/C=C/C(=O)OCCC(CO)(CO)CO. The lowest BCUT2D eigenvalue weighted by Gasteiger charge is -2.26. The quantitative estimate of drug-likeness (QED) is 0.318. The summed E-state index contributed by atoms with van der Waals surface area (Å²) in [5, 5.41) is 27.1. The van der Waals surface area contributed by atoms with Gasteiger partial charge >= 0.3 is 5.97 Å². The minimum Gasteiger partial charge on any atom is -0.463 e. The molecule has 17 heavy (non-hydrogen) atoms. The molecule has 5 heteroatoms. The van der Waals surface area contributed by atoms with E-state index in [-0.39, 0.29) is 32.8 Å². The Morgan fingerprint density at radius 1 is 1.18 bits per heavy atom. The van der Waals surface area contributed by atoms with Crippen molar-refractivity contribution in [3.63, 3.8) is 0 Å². The molecule has 0 spiro atoms. The molecule has 0 aliphatic rings. The first-order valence-electron chi connectivity index (χ1n) is 5.43. The summed E-state index contributed by atoms with van der Waals surface area (Å²) in [4.78, 5) is 11.1. The van der Waals surface area contributed by atoms with Crippen molar-refractivity contribution < 1.29 is 24.9 Å². The summed E-state index contributed by atoms with van der Waals surface area (Å²) < 4.78 is 4.86. The molecule has 0 aromatic rings. The summed E-state index contributed by atoms with van der Waals surface area (Å²) >= 11 is 0. The second kappa shape index (κ2) is 8.92. The molecule has 0 rings (SSSR count). The third kappa shape index (κ3) is 6.21. The Morgan fingerprint density at radius 2 is 1.76 bits per heavy atom. The van der Waals surface area contributed by atoms with Gasteiger partial charge in [0.15, 0.2) is 0 Å². The summed E-state index contributed by atoms with van der Waals surface area (Å²) in [5.41, 5.74) is -0.993.